The number of aliphatic hydroxyl groups excluding tert-OH is 1. The van der Waals surface area contributed by atoms with Gasteiger partial charge in [0.1, 0.15) is 5.82 Å². The van der Waals surface area contributed by atoms with Crippen molar-refractivity contribution in [2.45, 2.75) is 6.61 Å². The average Bonchev–Trinajstić information content (AvgIpc) is 2.45. The summed E-state index contributed by atoms with van der Waals surface area (Å²) in [5.74, 6) is -12.1. The summed E-state index contributed by atoms with van der Waals surface area (Å²) in [5, 5.41) is 8.87. The molecule has 0 radical (unpaired) electrons. The minimum atomic E-state index is -2.32. The Bertz CT molecular complexity index is 654. The molecule has 2 rings (SSSR count). The molecule has 0 aliphatic heterocycles. The van der Waals surface area contributed by atoms with Gasteiger partial charge < -0.3 is 5.11 Å². The molecule has 1 nitrogen and oxygen atoms in total. The van der Waals surface area contributed by atoms with Crippen LogP contribution in [0.4, 0.5) is 26.3 Å². The van der Waals surface area contributed by atoms with E-state index in [2.05, 4.69) is 0 Å². The van der Waals surface area contributed by atoms with Gasteiger partial charge in [0.05, 0.1) is 12.2 Å². The first-order valence-electron chi connectivity index (χ1n) is 5.29. The Morgan fingerprint density at radius 3 is 1.75 bits per heavy atom. The summed E-state index contributed by atoms with van der Waals surface area (Å²) >= 11 is 0. The van der Waals surface area contributed by atoms with Crippen LogP contribution in [0.5, 0.6) is 0 Å². The lowest BCUT2D eigenvalue weighted by Crippen LogP contribution is -2.05. The fourth-order valence-electron chi connectivity index (χ4n) is 1.70. The lowest BCUT2D eigenvalue weighted by atomic mass is 10.0. The number of benzene rings is 2. The number of rotatable bonds is 2. The highest BCUT2D eigenvalue weighted by molar-refractivity contribution is 5.66. The first-order chi connectivity index (χ1) is 9.38. The monoisotopic (exact) mass is 292 g/mol. The van der Waals surface area contributed by atoms with Gasteiger partial charge in [-0.05, 0) is 17.7 Å². The van der Waals surface area contributed by atoms with Gasteiger partial charge in [-0.2, -0.15) is 0 Å². The van der Waals surface area contributed by atoms with E-state index in [-0.39, 0.29) is 5.56 Å². The van der Waals surface area contributed by atoms with Crippen LogP contribution in [-0.4, -0.2) is 5.11 Å². The smallest absolute Gasteiger partial charge is 0.200 e. The predicted molar refractivity (Wildman–Crippen MR) is 57.5 cm³/mol. The molecule has 0 atom stereocenters. The third-order valence-electron chi connectivity index (χ3n) is 2.69. The molecule has 7 heteroatoms. The van der Waals surface area contributed by atoms with E-state index in [4.69, 9.17) is 5.11 Å². The van der Waals surface area contributed by atoms with Crippen LogP contribution in [0.3, 0.4) is 0 Å². The minimum absolute atomic E-state index is 0.0605. The zero-order valence-corrected chi connectivity index (χ0v) is 9.65. The van der Waals surface area contributed by atoms with Gasteiger partial charge in [-0.25, -0.2) is 26.3 Å². The molecule has 0 spiro atoms. The maximum absolute atomic E-state index is 13.6. The molecule has 0 amide bonds. The Labute approximate surface area is 109 Å². The molecule has 0 fully saturated rings. The van der Waals surface area contributed by atoms with E-state index in [0.29, 0.717) is 0 Å². The first kappa shape index (κ1) is 14.4. The highest BCUT2D eigenvalue weighted by Gasteiger charge is 2.28. The van der Waals surface area contributed by atoms with Crippen molar-refractivity contribution in [1.82, 2.24) is 0 Å². The first-order valence-corrected chi connectivity index (χ1v) is 5.29. The molecule has 106 valence electrons. The van der Waals surface area contributed by atoms with Crippen LogP contribution in [-0.2, 0) is 6.61 Å². The molecule has 0 aliphatic carbocycles. The van der Waals surface area contributed by atoms with Gasteiger partial charge in [-0.3, -0.25) is 0 Å². The average molecular weight is 292 g/mol. The molecule has 20 heavy (non-hydrogen) atoms. The van der Waals surface area contributed by atoms with E-state index in [1.54, 1.807) is 0 Å². The standard InChI is InChI=1S/C13H6F6O/c14-7-2-1-5(4-20)3-6(7)8-9(15)11(17)13(19)12(18)10(8)16/h1-3,20H,4H2. The van der Waals surface area contributed by atoms with Crippen molar-refractivity contribution >= 4 is 0 Å². The van der Waals surface area contributed by atoms with Gasteiger partial charge >= 0.3 is 0 Å². The predicted octanol–water partition coefficient (Wildman–Crippen LogP) is 3.68. The molecule has 2 aromatic carbocycles. The van der Waals surface area contributed by atoms with Crippen LogP contribution < -0.4 is 0 Å². The second-order valence-corrected chi connectivity index (χ2v) is 3.92. The van der Waals surface area contributed by atoms with E-state index in [9.17, 15) is 26.3 Å². The van der Waals surface area contributed by atoms with Gasteiger partial charge in [0, 0.05) is 5.56 Å². The highest BCUT2D eigenvalue weighted by Crippen LogP contribution is 2.33. The number of aliphatic hydroxyl groups is 1. The van der Waals surface area contributed by atoms with Crippen molar-refractivity contribution in [3.8, 4) is 11.1 Å². The van der Waals surface area contributed by atoms with Crippen molar-refractivity contribution in [2.75, 3.05) is 0 Å². The molecule has 0 aliphatic rings. The van der Waals surface area contributed by atoms with Crippen LogP contribution in [0.25, 0.3) is 11.1 Å². The van der Waals surface area contributed by atoms with Crippen molar-refractivity contribution in [3.63, 3.8) is 0 Å². The number of hydrogen-bond acceptors (Lipinski definition) is 1. The van der Waals surface area contributed by atoms with Crippen LogP contribution in [0.1, 0.15) is 5.56 Å². The van der Waals surface area contributed by atoms with Crippen molar-refractivity contribution < 1.29 is 31.4 Å². The quantitative estimate of drug-likeness (QED) is 0.508. The molecule has 2 aromatic rings. The fraction of sp³-hybridized carbons (Fsp3) is 0.0769. The fourth-order valence-corrected chi connectivity index (χ4v) is 1.70. The van der Waals surface area contributed by atoms with Gasteiger partial charge in [-0.1, -0.05) is 6.07 Å². The second-order valence-electron chi connectivity index (χ2n) is 3.92. The van der Waals surface area contributed by atoms with Crippen molar-refractivity contribution in [1.29, 1.82) is 0 Å². The topological polar surface area (TPSA) is 20.2 Å². The van der Waals surface area contributed by atoms with E-state index in [1.165, 1.54) is 0 Å². The van der Waals surface area contributed by atoms with Crippen LogP contribution in [0.2, 0.25) is 0 Å². The van der Waals surface area contributed by atoms with E-state index >= 15 is 0 Å². The van der Waals surface area contributed by atoms with Crippen LogP contribution in [0.15, 0.2) is 18.2 Å². The summed E-state index contributed by atoms with van der Waals surface area (Å²) in [6.07, 6.45) is 0. The summed E-state index contributed by atoms with van der Waals surface area (Å²) in [6.45, 7) is -0.581. The van der Waals surface area contributed by atoms with Crippen LogP contribution >= 0.6 is 0 Å². The summed E-state index contributed by atoms with van der Waals surface area (Å²) in [4.78, 5) is 0. The SMILES string of the molecule is OCc1ccc(F)c(-c2c(F)c(F)c(F)c(F)c2F)c1. The summed E-state index contributed by atoms with van der Waals surface area (Å²) < 4.78 is 79.7. The largest absolute Gasteiger partial charge is 0.392 e. The van der Waals surface area contributed by atoms with Gasteiger partial charge in [0.15, 0.2) is 23.3 Å². The van der Waals surface area contributed by atoms with Gasteiger partial charge in [0.25, 0.3) is 0 Å². The highest BCUT2D eigenvalue weighted by atomic mass is 19.2. The van der Waals surface area contributed by atoms with Gasteiger partial charge in [-0.15, -0.1) is 0 Å². The van der Waals surface area contributed by atoms with Crippen molar-refractivity contribution in [2.24, 2.45) is 0 Å². The third kappa shape index (κ3) is 2.14. The lowest BCUT2D eigenvalue weighted by molar-refractivity contribution is 0.281. The number of hydrogen-bond donors (Lipinski definition) is 1. The molecule has 0 saturated carbocycles. The molecule has 1 N–H and O–H groups in total. The molecule has 0 aromatic heterocycles. The maximum Gasteiger partial charge on any atom is 0.200 e. The van der Waals surface area contributed by atoms with Crippen LogP contribution in [0, 0.1) is 34.9 Å². The molecule has 0 saturated heterocycles. The molecular weight excluding hydrogens is 286 g/mol. The Morgan fingerprint density at radius 1 is 0.750 bits per heavy atom. The Morgan fingerprint density at radius 2 is 1.25 bits per heavy atom. The normalized spacial score (nSPS) is 10.9. The Hall–Kier alpha value is -2.02. The van der Waals surface area contributed by atoms with E-state index in [0.717, 1.165) is 18.2 Å². The number of halogens is 6. The molecule has 0 unspecified atom stereocenters. The summed E-state index contributed by atoms with van der Waals surface area (Å²) in [6, 6.07) is 2.69. The third-order valence-corrected chi connectivity index (χ3v) is 2.69. The Kier molecular flexibility index (Phi) is 3.71. The summed E-state index contributed by atoms with van der Waals surface area (Å²) in [5.41, 5.74) is -2.12. The van der Waals surface area contributed by atoms with E-state index in [1.807, 2.05) is 0 Å². The Balaban J connectivity index is 2.83. The summed E-state index contributed by atoms with van der Waals surface area (Å²) in [7, 11) is 0. The molecule has 0 heterocycles. The molecule has 0 bridgehead atoms. The van der Waals surface area contributed by atoms with E-state index < -0.39 is 52.6 Å². The van der Waals surface area contributed by atoms with Crippen molar-refractivity contribution in [3.05, 3.63) is 58.7 Å². The lowest BCUT2D eigenvalue weighted by Gasteiger charge is -2.10. The minimum Gasteiger partial charge on any atom is -0.392 e. The maximum atomic E-state index is 13.6. The zero-order valence-electron chi connectivity index (χ0n) is 9.65. The van der Waals surface area contributed by atoms with Gasteiger partial charge in [0.2, 0.25) is 5.82 Å². The second kappa shape index (κ2) is 5.16. The zero-order chi connectivity index (χ0) is 15.0. The molecular formula is C13H6F6O.